The lowest BCUT2D eigenvalue weighted by atomic mass is 9.59. The molecule has 0 heterocycles. The molecule has 0 bridgehead atoms. The van der Waals surface area contributed by atoms with Gasteiger partial charge in [0.2, 0.25) is 0 Å². The maximum Gasteiger partial charge on any atom is 0.310 e. The third kappa shape index (κ3) is 3.43. The molecule has 0 unspecified atom stereocenters. The van der Waals surface area contributed by atoms with Crippen molar-refractivity contribution in [3.05, 3.63) is 59.2 Å². The number of carbonyl (C=O) groups excluding carboxylic acids is 3. The van der Waals surface area contributed by atoms with Crippen LogP contribution in [0, 0.1) is 29.1 Å². The van der Waals surface area contributed by atoms with E-state index in [4.69, 9.17) is 9.47 Å². The quantitative estimate of drug-likeness (QED) is 0.395. The van der Waals surface area contributed by atoms with E-state index < -0.39 is 76.3 Å². The van der Waals surface area contributed by atoms with Crippen molar-refractivity contribution in [3.63, 3.8) is 0 Å². The lowest BCUT2D eigenvalue weighted by molar-refractivity contribution is -0.228. The predicted octanol–water partition coefficient (Wildman–Crippen LogP) is 2.29. The SMILES string of the molecule is CC(=O)O[C@@]12[C@H](OC(=O)Cc3ccccc3)[C@@H](C)[C@@]3(O)[C@@H](C=C(CO)C[C@]4(O)C(=O)C(C)=C[C@@H]34)[C@@H]1C2(C)C. The normalized spacial score (nSPS) is 40.5. The van der Waals surface area contributed by atoms with Crippen LogP contribution < -0.4 is 0 Å². The van der Waals surface area contributed by atoms with E-state index in [0.717, 1.165) is 5.56 Å². The van der Waals surface area contributed by atoms with Crippen molar-refractivity contribution in [2.45, 2.75) is 70.4 Å². The van der Waals surface area contributed by atoms with Gasteiger partial charge in [0.05, 0.1) is 18.6 Å². The van der Waals surface area contributed by atoms with Gasteiger partial charge in [0.15, 0.2) is 11.4 Å². The van der Waals surface area contributed by atoms with Crippen LogP contribution >= 0.6 is 0 Å². The van der Waals surface area contributed by atoms with Crippen LogP contribution in [0.4, 0.5) is 0 Å². The number of rotatable bonds is 5. The molecule has 2 saturated carbocycles. The number of ether oxygens (including phenoxy) is 2. The lowest BCUT2D eigenvalue weighted by Gasteiger charge is -2.53. The number of Topliss-reactive ketones (excluding diaryl/α,β-unsaturated/α-hetero) is 1. The van der Waals surface area contributed by atoms with Crippen molar-refractivity contribution in [3.8, 4) is 0 Å². The first-order valence-electron chi connectivity index (χ1n) is 13.2. The molecule has 0 aromatic heterocycles. The summed E-state index contributed by atoms with van der Waals surface area (Å²) in [6, 6.07) is 9.11. The highest BCUT2D eigenvalue weighted by Crippen LogP contribution is 2.77. The Kier molecular flexibility index (Phi) is 6.06. The molecule has 8 nitrogen and oxygen atoms in total. The van der Waals surface area contributed by atoms with Gasteiger partial charge in [-0.25, -0.2) is 0 Å². The predicted molar refractivity (Wildman–Crippen MR) is 136 cm³/mol. The van der Waals surface area contributed by atoms with Crippen LogP contribution in [-0.2, 0) is 30.3 Å². The van der Waals surface area contributed by atoms with Gasteiger partial charge in [-0.15, -0.1) is 0 Å². The summed E-state index contributed by atoms with van der Waals surface area (Å²) in [4.78, 5) is 38.9. The molecule has 5 rings (SSSR count). The summed E-state index contributed by atoms with van der Waals surface area (Å²) in [7, 11) is 0. The molecule has 4 aliphatic rings. The number of ketones is 1. The Hall–Kier alpha value is -2.81. The second-order valence-electron chi connectivity index (χ2n) is 12.1. The average Bonchev–Trinajstić information content (AvgIpc) is 3.27. The van der Waals surface area contributed by atoms with Crippen LogP contribution in [0.15, 0.2) is 53.6 Å². The number of benzene rings is 1. The molecule has 0 amide bonds. The second-order valence-corrected chi connectivity index (χ2v) is 12.1. The standard InChI is InChI=1S/C30H36O8/c1-16-11-22-28(35,25(16)34)14-20(15-31)12-21-24-27(4,5)30(24,38-18(3)32)26(17(2)29(21,22)36)37-23(33)13-19-9-7-6-8-10-19/h6-12,17,21-22,24,26,31,35-36H,13-15H2,1-5H3/t17-,21+,22-,24-,26-,28-,29-,30-/m1/s1. The fourth-order valence-corrected chi connectivity index (χ4v) is 8.01. The number of carbonyl (C=O) groups is 3. The molecule has 38 heavy (non-hydrogen) atoms. The van der Waals surface area contributed by atoms with Gasteiger partial charge in [0, 0.05) is 42.4 Å². The fourth-order valence-electron chi connectivity index (χ4n) is 8.01. The van der Waals surface area contributed by atoms with E-state index >= 15 is 0 Å². The Bertz CT molecular complexity index is 1250. The number of hydrogen-bond acceptors (Lipinski definition) is 8. The van der Waals surface area contributed by atoms with Gasteiger partial charge in [-0.05, 0) is 23.6 Å². The maximum atomic E-state index is 13.3. The Balaban J connectivity index is 1.64. The third-order valence-electron chi connectivity index (χ3n) is 9.72. The van der Waals surface area contributed by atoms with E-state index in [2.05, 4.69) is 0 Å². The van der Waals surface area contributed by atoms with Crippen molar-refractivity contribution < 1.29 is 39.2 Å². The van der Waals surface area contributed by atoms with Crippen molar-refractivity contribution in [1.82, 2.24) is 0 Å². The fraction of sp³-hybridized carbons (Fsp3) is 0.567. The minimum Gasteiger partial charge on any atom is -0.457 e. The molecular formula is C30H36O8. The molecule has 0 spiro atoms. The van der Waals surface area contributed by atoms with Crippen LogP contribution in [0.5, 0.6) is 0 Å². The molecule has 4 aliphatic carbocycles. The summed E-state index contributed by atoms with van der Waals surface area (Å²) >= 11 is 0. The molecule has 2 fully saturated rings. The molecule has 0 radical (unpaired) electrons. The van der Waals surface area contributed by atoms with Gasteiger partial charge in [0.25, 0.3) is 0 Å². The molecule has 3 N–H and O–H groups in total. The molecular weight excluding hydrogens is 488 g/mol. The molecule has 0 aliphatic heterocycles. The Labute approximate surface area is 222 Å². The Morgan fingerprint density at radius 1 is 1.11 bits per heavy atom. The van der Waals surface area contributed by atoms with Crippen LogP contribution in [0.25, 0.3) is 0 Å². The number of aliphatic hydroxyl groups is 3. The zero-order valence-corrected chi connectivity index (χ0v) is 22.4. The van der Waals surface area contributed by atoms with Crippen LogP contribution in [0.3, 0.4) is 0 Å². The van der Waals surface area contributed by atoms with Gasteiger partial charge >= 0.3 is 11.9 Å². The topological polar surface area (TPSA) is 130 Å². The van der Waals surface area contributed by atoms with E-state index in [9.17, 15) is 29.7 Å². The number of hydrogen-bond donors (Lipinski definition) is 3. The first-order valence-corrected chi connectivity index (χ1v) is 13.2. The summed E-state index contributed by atoms with van der Waals surface area (Å²) in [5.74, 6) is -4.60. The zero-order chi connectivity index (χ0) is 27.8. The van der Waals surface area contributed by atoms with Crippen molar-refractivity contribution in [2.24, 2.45) is 29.1 Å². The van der Waals surface area contributed by atoms with E-state index in [1.54, 1.807) is 26.0 Å². The van der Waals surface area contributed by atoms with Crippen LogP contribution in [0.2, 0.25) is 0 Å². The molecule has 8 atom stereocenters. The maximum absolute atomic E-state index is 13.3. The van der Waals surface area contributed by atoms with Gasteiger partial charge in [-0.1, -0.05) is 63.3 Å². The van der Waals surface area contributed by atoms with E-state index in [1.165, 1.54) is 6.92 Å². The van der Waals surface area contributed by atoms with E-state index in [0.29, 0.717) is 11.1 Å². The summed E-state index contributed by atoms with van der Waals surface area (Å²) in [5, 5.41) is 34.6. The smallest absolute Gasteiger partial charge is 0.310 e. The highest BCUT2D eigenvalue weighted by Gasteiger charge is 2.87. The molecule has 1 aromatic carbocycles. The second kappa shape index (κ2) is 8.60. The number of esters is 2. The van der Waals surface area contributed by atoms with Gasteiger partial charge in [-0.2, -0.15) is 0 Å². The van der Waals surface area contributed by atoms with Gasteiger partial charge < -0.3 is 24.8 Å². The summed E-state index contributed by atoms with van der Waals surface area (Å²) in [5.41, 5.74) is -4.12. The Morgan fingerprint density at radius 3 is 2.37 bits per heavy atom. The van der Waals surface area contributed by atoms with Crippen molar-refractivity contribution >= 4 is 17.7 Å². The first-order chi connectivity index (χ1) is 17.7. The molecule has 8 heteroatoms. The van der Waals surface area contributed by atoms with Gasteiger partial charge in [0.1, 0.15) is 11.7 Å². The third-order valence-corrected chi connectivity index (χ3v) is 9.72. The zero-order valence-electron chi connectivity index (χ0n) is 22.4. The van der Waals surface area contributed by atoms with Gasteiger partial charge in [-0.3, -0.25) is 14.4 Å². The highest BCUT2D eigenvalue weighted by molar-refractivity contribution is 6.04. The minimum absolute atomic E-state index is 0.00735. The highest BCUT2D eigenvalue weighted by atomic mass is 16.6. The summed E-state index contributed by atoms with van der Waals surface area (Å²) in [6.45, 7) is 8.03. The number of fused-ring (bicyclic) bond motifs is 5. The minimum atomic E-state index is -1.95. The number of aliphatic hydroxyl groups excluding tert-OH is 1. The summed E-state index contributed by atoms with van der Waals surface area (Å²) in [6.07, 6.45) is 2.17. The monoisotopic (exact) mass is 524 g/mol. The van der Waals surface area contributed by atoms with Crippen molar-refractivity contribution in [2.75, 3.05) is 6.61 Å². The first kappa shape index (κ1) is 26.8. The van der Waals surface area contributed by atoms with E-state index in [-0.39, 0.29) is 12.8 Å². The Morgan fingerprint density at radius 2 is 1.76 bits per heavy atom. The van der Waals surface area contributed by atoms with Crippen LogP contribution in [0.1, 0.15) is 46.6 Å². The molecule has 1 aromatic rings. The van der Waals surface area contributed by atoms with Crippen molar-refractivity contribution in [1.29, 1.82) is 0 Å². The molecule has 0 saturated heterocycles. The average molecular weight is 525 g/mol. The lowest BCUT2D eigenvalue weighted by Crippen LogP contribution is -2.66. The summed E-state index contributed by atoms with van der Waals surface area (Å²) < 4.78 is 12.1. The van der Waals surface area contributed by atoms with E-state index in [1.807, 2.05) is 44.2 Å². The largest absolute Gasteiger partial charge is 0.457 e. The van der Waals surface area contributed by atoms with Crippen LogP contribution in [-0.4, -0.2) is 62.6 Å². The molecule has 204 valence electrons.